The molecule has 0 radical (unpaired) electrons. The highest BCUT2D eigenvalue weighted by Gasteiger charge is 2.62. The van der Waals surface area contributed by atoms with Crippen LogP contribution >= 0.6 is 23.5 Å². The molecule has 138 heavy (non-hydrogen) atoms. The number of phosphoric ester groups is 3. The van der Waals surface area contributed by atoms with E-state index in [4.69, 9.17) is 145 Å². The molecule has 0 unspecified atom stereocenters. The van der Waals surface area contributed by atoms with E-state index < -0.39 is 268 Å². The first-order valence-electron chi connectivity index (χ1n) is 47.7. The maximum atomic E-state index is 13.8. The van der Waals surface area contributed by atoms with Gasteiger partial charge in [0, 0.05) is 41.0 Å². The summed E-state index contributed by atoms with van der Waals surface area (Å²) in [6, 6.07) is 16.2. The van der Waals surface area contributed by atoms with Crippen molar-refractivity contribution in [2.45, 2.75) is 168 Å². The van der Waals surface area contributed by atoms with E-state index in [9.17, 15) is 93.6 Å². The number of aliphatic hydroxyl groups is 6. The number of carbonyl (C=O) groups is 3. The molecule has 51 heteroatoms. The Balaban J connectivity index is 0.000000140. The number of rotatable bonds is 21. The number of ether oxygens (including phenoxy) is 27. The first-order valence-corrected chi connectivity index (χ1v) is 47.3. The summed E-state index contributed by atoms with van der Waals surface area (Å²) in [5.74, 6) is -21.4. The van der Waals surface area contributed by atoms with Crippen molar-refractivity contribution in [1.29, 1.82) is 0 Å². The zero-order chi connectivity index (χ0) is 106. The van der Waals surface area contributed by atoms with Crippen LogP contribution in [0.3, 0.4) is 0 Å². The second-order valence-electron chi connectivity index (χ2n) is 33.6. The van der Waals surface area contributed by atoms with Crippen LogP contribution in [0.4, 0.5) is 0 Å². The van der Waals surface area contributed by atoms with Crippen molar-refractivity contribution in [2.24, 2.45) is 35.4 Å². The Labute approximate surface area is 796 Å². The number of aliphatic hydroxyl groups excluding tert-OH is 6. The van der Waals surface area contributed by atoms with Gasteiger partial charge in [0.2, 0.25) is 37.6 Å². The first kappa shape index (κ1) is 85.3. The molecule has 12 N–H and O–H groups in total. The topological polar surface area (TPSA) is 622 Å². The van der Waals surface area contributed by atoms with Crippen molar-refractivity contribution in [3.8, 4) is 86.2 Å². The van der Waals surface area contributed by atoms with Crippen molar-refractivity contribution in [3.63, 3.8) is 0 Å². The van der Waals surface area contributed by atoms with E-state index in [-0.39, 0.29) is 144 Å². The number of carbonyl (C=O) groups excluding carboxylic acids is 3. The molecule has 750 valence electrons. The van der Waals surface area contributed by atoms with Gasteiger partial charge in [0.1, 0.15) is 73.2 Å². The summed E-state index contributed by atoms with van der Waals surface area (Å²) < 4.78 is 288. The maximum absolute atomic E-state index is 13.8. The third kappa shape index (κ3) is 18.3. The molecule has 6 aromatic rings. The molecule has 12 aliphatic heterocycles. The van der Waals surface area contributed by atoms with Gasteiger partial charge in [-0.05, 0) is 144 Å². The predicted molar refractivity (Wildman–Crippen MR) is 448 cm³/mol. The molecule has 6 aromatic carbocycles. The van der Waals surface area contributed by atoms with Crippen LogP contribution in [-0.4, -0.2) is 291 Å². The molecule has 9 saturated heterocycles. The molecular formula is C87H99O48P3. The molecule has 48 nitrogen and oxygen atoms in total. The van der Waals surface area contributed by atoms with E-state index >= 15 is 0 Å². The standard InChI is InChI=1S/3C29H33O16P/c3*1-11-38-9-20-27(42-11)23(30)24(31)29(43-20)44-25-14-7-17-16(40-10-41-17)6-13(14)21(22-15(25)8-39-28(22)32)12-4-18(36-2)26(19(5-12)37-3)45-46(33,34)35/h3*4-7,11,15,20-25,27,29-31H,8-10H2,1-3H3,(H2,33,34,35)/t3*11-,15+,20-,21-,22+,23-,24-,25-,27-,29+/m111/s1/i2D3,3D3,22D;21D,22D;22D. The van der Waals surface area contributed by atoms with Gasteiger partial charge in [0.15, 0.2) is 107 Å². The Morgan fingerprint density at radius 2 is 0.601 bits per heavy atom. The summed E-state index contributed by atoms with van der Waals surface area (Å²) in [6.45, 7) is 3.48. The number of esters is 3. The van der Waals surface area contributed by atoms with Crippen molar-refractivity contribution < 1.29 is 243 Å². The van der Waals surface area contributed by atoms with Crippen LogP contribution in [0, 0.1) is 35.4 Å². The third-order valence-electron chi connectivity index (χ3n) is 25.6. The smallest absolute Gasteiger partial charge is 0.493 e. The van der Waals surface area contributed by atoms with Gasteiger partial charge < -0.3 is 172 Å². The minimum atomic E-state index is -5.52. The number of benzene rings is 6. The normalized spacial score (nSPS) is 38.0. The second-order valence-corrected chi connectivity index (χ2v) is 37.1. The number of cyclic esters (lactones) is 3. The lowest BCUT2D eigenvalue weighted by Crippen LogP contribution is -2.63. The van der Waals surface area contributed by atoms with Crippen molar-refractivity contribution in [1.82, 2.24) is 0 Å². The summed E-state index contributed by atoms with van der Waals surface area (Å²) in [5, 5.41) is 66.2. The highest BCUT2D eigenvalue weighted by molar-refractivity contribution is 7.47. The molecule has 0 saturated carbocycles. The highest BCUT2D eigenvalue weighted by atomic mass is 31.2. The van der Waals surface area contributed by atoms with E-state index in [2.05, 4.69) is 4.52 Å². The average Bonchev–Trinajstić information content (AvgIpc) is 1.47. The van der Waals surface area contributed by atoms with Crippen LogP contribution in [0.25, 0.3) is 0 Å². The Kier molecular flexibility index (Phi) is 23.7. The molecule has 30 atom stereocenters. The van der Waals surface area contributed by atoms with E-state index in [1.165, 1.54) is 77.0 Å². The fraction of sp³-hybridized carbons (Fsp3) is 0.552. The number of phosphoric acid groups is 3. The lowest BCUT2D eigenvalue weighted by molar-refractivity contribution is -0.364. The number of fused-ring (bicyclic) bond motifs is 12. The minimum absolute atomic E-state index is 0.0199. The zero-order valence-electron chi connectivity index (χ0n) is 83.2. The fourth-order valence-corrected chi connectivity index (χ4v) is 20.9. The van der Waals surface area contributed by atoms with E-state index in [1.807, 2.05) is 0 Å². The van der Waals surface area contributed by atoms with Crippen molar-refractivity contribution in [2.75, 3.05) is 103 Å². The summed E-state index contributed by atoms with van der Waals surface area (Å²) in [4.78, 5) is 98.5. The van der Waals surface area contributed by atoms with Crippen molar-refractivity contribution >= 4 is 41.4 Å². The van der Waals surface area contributed by atoms with E-state index in [1.54, 1.807) is 32.9 Å². The van der Waals surface area contributed by atoms with Crippen LogP contribution < -0.4 is 70.4 Å². The van der Waals surface area contributed by atoms with Gasteiger partial charge >= 0.3 is 41.4 Å². The number of methoxy groups -OCH3 is 6. The third-order valence-corrected chi connectivity index (χ3v) is 26.9. The molecule has 12 heterocycles. The van der Waals surface area contributed by atoms with Crippen molar-refractivity contribution in [3.05, 3.63) is 123 Å². The van der Waals surface area contributed by atoms with Crippen LogP contribution in [0.1, 0.15) is 121 Å². The summed E-state index contributed by atoms with van der Waals surface area (Å²) in [5.41, 5.74) is 1.48. The first-order chi connectivity index (χ1) is 69.7. The Hall–Kier alpha value is -9.54. The predicted octanol–water partition coefficient (Wildman–Crippen LogP) is 3.31. The average molecular weight is 2020 g/mol. The molecule has 9 fully saturated rings. The summed E-state index contributed by atoms with van der Waals surface area (Å²) in [7, 11) is -17.4. The monoisotopic (exact) mass is 2010 g/mol. The molecule has 21 rings (SSSR count). The van der Waals surface area contributed by atoms with Gasteiger partial charge in [-0.2, -0.15) is 0 Å². The van der Waals surface area contributed by atoms with Crippen LogP contribution in [0.15, 0.2) is 72.8 Å². The van der Waals surface area contributed by atoms with Gasteiger partial charge in [-0.1, -0.05) is 0 Å². The molecule has 0 spiro atoms. The van der Waals surface area contributed by atoms with Crippen LogP contribution in [0.2, 0.25) is 0 Å². The lowest BCUT2D eigenvalue weighted by atomic mass is 9.66. The van der Waals surface area contributed by atoms with Gasteiger partial charge in [0.25, 0.3) is 0 Å². The summed E-state index contributed by atoms with van der Waals surface area (Å²) in [6.07, 6.45) is -24.5. The van der Waals surface area contributed by atoms with Gasteiger partial charge in [0.05, 0.1) is 126 Å². The maximum Gasteiger partial charge on any atom is 0.525 e. The number of hydrogen-bond acceptors (Lipinski definition) is 42. The van der Waals surface area contributed by atoms with E-state index in [0.29, 0.717) is 22.6 Å². The SMILES string of the molecule is [2H]C([2H])([2H])Oc1cc([C@@H]2c3cc4c(cc3[C@@H](O[C@@H]3O[C@@H]5CO[C@@H](C)O[C@H]5[C@H](O)[C@H]3O)[C@H]3COC(=O)[C@]23[2H])OCO4)cc(OC([2H])([2H])[2H])c1OP(=O)(O)O.[2H][C@@]1(c2cc(OC)c(OP(=O)(O)O)c(OC)c2)c2cc3c(cc2[C@@H](O[C@@H]2O[C@@H]4CO[C@@H](C)O[C@H]4[C@H](O)[C@H]2O)[C@H]2COC(=O)[C@@]21[2H])OCO3.[2H][C@]12C(=O)OC[C@@H]1[C@H](O[C@@H]1O[C@@H]3CO[C@@H](C)O[C@H]3[C@H](O)[C@H]1O)c1cc3c(cc1[C@H]2c1cc(OC)c(OP(=O)(O)O)c(OC)c1)OCO3. The fourth-order valence-electron chi connectivity index (χ4n) is 19.7. The second kappa shape index (κ2) is 38.4. The van der Waals surface area contributed by atoms with Gasteiger partial charge in [-0.15, -0.1) is 0 Å². The van der Waals surface area contributed by atoms with Gasteiger partial charge in [-0.25, -0.2) is 13.7 Å². The Morgan fingerprint density at radius 1 is 0.333 bits per heavy atom. The zero-order valence-corrected chi connectivity index (χ0v) is 75.9. The number of hydrogen-bond donors (Lipinski definition) is 12. The summed E-state index contributed by atoms with van der Waals surface area (Å²) >= 11 is 0. The Bertz CT molecular complexity index is 6190. The Morgan fingerprint density at radius 3 is 0.899 bits per heavy atom. The largest absolute Gasteiger partial charge is 0.525 e. The molecule has 0 amide bonds. The quantitative estimate of drug-likeness (QED) is 0.0279. The van der Waals surface area contributed by atoms with E-state index in [0.717, 1.165) is 12.1 Å². The molecule has 0 aromatic heterocycles. The van der Waals surface area contributed by atoms with Crippen LogP contribution in [0.5, 0.6) is 86.2 Å². The molecule has 3 aliphatic carbocycles. The lowest BCUT2D eigenvalue weighted by Gasteiger charge is -2.47. The molecule has 15 aliphatic rings. The molecular weight excluding hydrogens is 1910 g/mol. The highest BCUT2D eigenvalue weighted by Crippen LogP contribution is 2.64. The molecule has 0 bridgehead atoms. The minimum Gasteiger partial charge on any atom is -0.493 e. The van der Waals surface area contributed by atoms with Crippen LogP contribution in [-0.2, 0) is 99.1 Å². The van der Waals surface area contributed by atoms with Gasteiger partial charge in [-0.3, -0.25) is 43.7 Å².